The van der Waals surface area contributed by atoms with Gasteiger partial charge in [0.15, 0.2) is 15.1 Å². The molecule has 0 saturated heterocycles. The van der Waals surface area contributed by atoms with Crippen LogP contribution in [0.15, 0.2) is 0 Å². The molecule has 4 nitrogen and oxygen atoms in total. The van der Waals surface area contributed by atoms with Gasteiger partial charge < -0.3 is 4.74 Å². The zero-order chi connectivity index (χ0) is 11.9. The van der Waals surface area contributed by atoms with E-state index < -0.39 is 26.8 Å². The summed E-state index contributed by atoms with van der Waals surface area (Å²) < 4.78 is 27.5. The van der Waals surface area contributed by atoms with E-state index >= 15 is 0 Å². The average molecular weight is 232 g/mol. The Morgan fingerprint density at radius 2 is 2.13 bits per heavy atom. The molecule has 0 spiro atoms. The van der Waals surface area contributed by atoms with Gasteiger partial charge in [-0.05, 0) is 13.3 Å². The molecule has 0 aliphatic heterocycles. The molecule has 0 radical (unpaired) electrons. The molecular weight excluding hydrogens is 216 g/mol. The molecule has 0 N–H and O–H groups in total. The van der Waals surface area contributed by atoms with E-state index in [-0.39, 0.29) is 6.61 Å². The first-order valence-electron chi connectivity index (χ1n) is 4.77. The molecule has 0 aromatic carbocycles. The van der Waals surface area contributed by atoms with Crippen LogP contribution in [0.2, 0.25) is 0 Å². The maximum Gasteiger partial charge on any atom is 0.324 e. The highest BCUT2D eigenvalue weighted by atomic mass is 32.2. The highest BCUT2D eigenvalue weighted by Crippen LogP contribution is 2.04. The van der Waals surface area contributed by atoms with Crippen LogP contribution in [0.4, 0.5) is 0 Å². The van der Waals surface area contributed by atoms with Crippen LogP contribution in [0.3, 0.4) is 0 Å². The van der Waals surface area contributed by atoms with E-state index in [2.05, 4.69) is 0 Å². The minimum Gasteiger partial charge on any atom is -0.465 e. The lowest BCUT2D eigenvalue weighted by Crippen LogP contribution is -2.31. The Labute approximate surface area is 90.9 Å². The number of ether oxygens (including phenoxy) is 1. The second-order valence-electron chi connectivity index (χ2n) is 3.17. The Hall–Kier alpha value is -1.02. The minimum atomic E-state index is -3.56. The quantitative estimate of drug-likeness (QED) is 0.385. The van der Waals surface area contributed by atoms with E-state index in [9.17, 15) is 13.2 Å². The Bertz CT molecular complexity index is 337. The van der Waals surface area contributed by atoms with Crippen molar-refractivity contribution in [1.29, 1.82) is 0 Å². The highest BCUT2D eigenvalue weighted by Gasteiger charge is 2.28. The molecule has 0 saturated carbocycles. The van der Waals surface area contributed by atoms with Crippen molar-refractivity contribution in [3.8, 4) is 12.3 Å². The number of hydrogen-bond acceptors (Lipinski definition) is 4. The third kappa shape index (κ3) is 4.84. The van der Waals surface area contributed by atoms with Crippen molar-refractivity contribution in [2.45, 2.75) is 31.9 Å². The Morgan fingerprint density at radius 3 is 2.60 bits per heavy atom. The van der Waals surface area contributed by atoms with E-state index in [4.69, 9.17) is 11.2 Å². The predicted octanol–water partition coefficient (Wildman–Crippen LogP) is 0.766. The summed E-state index contributed by atoms with van der Waals surface area (Å²) in [5.41, 5.74) is 0. The van der Waals surface area contributed by atoms with Gasteiger partial charge >= 0.3 is 5.97 Å². The molecule has 5 heteroatoms. The van der Waals surface area contributed by atoms with Gasteiger partial charge in [-0.3, -0.25) is 4.79 Å². The summed E-state index contributed by atoms with van der Waals surface area (Å²) in [4.78, 5) is 11.3. The van der Waals surface area contributed by atoms with Gasteiger partial charge in [-0.25, -0.2) is 8.42 Å². The summed E-state index contributed by atoms with van der Waals surface area (Å²) in [7, 11) is -3.56. The zero-order valence-corrected chi connectivity index (χ0v) is 9.84. The standard InChI is InChI=1S/C10H16O4S/c1-4-6-7-14-10(11)9(3)15(12,13)8-5-2/h2,9H,4,6-8H2,1,3H3. The van der Waals surface area contributed by atoms with Crippen molar-refractivity contribution in [3.63, 3.8) is 0 Å². The third-order valence-corrected chi connectivity index (χ3v) is 3.74. The summed E-state index contributed by atoms with van der Waals surface area (Å²) in [6, 6.07) is 0. The second kappa shape index (κ2) is 6.46. The molecule has 0 aromatic heterocycles. The van der Waals surface area contributed by atoms with Crippen molar-refractivity contribution in [1.82, 2.24) is 0 Å². The van der Waals surface area contributed by atoms with Gasteiger partial charge in [0.05, 0.1) is 6.61 Å². The molecule has 0 amide bonds. The topological polar surface area (TPSA) is 60.4 Å². The molecule has 0 fully saturated rings. The lowest BCUT2D eigenvalue weighted by atomic mass is 10.4. The third-order valence-electron chi connectivity index (χ3n) is 1.90. The number of carbonyl (C=O) groups is 1. The molecular formula is C10H16O4S. The largest absolute Gasteiger partial charge is 0.465 e. The Balaban J connectivity index is 4.27. The number of carbonyl (C=O) groups excluding carboxylic acids is 1. The minimum absolute atomic E-state index is 0.255. The molecule has 0 heterocycles. The Morgan fingerprint density at radius 1 is 1.53 bits per heavy atom. The molecule has 1 atom stereocenters. The molecule has 15 heavy (non-hydrogen) atoms. The van der Waals surface area contributed by atoms with Crippen LogP contribution >= 0.6 is 0 Å². The molecule has 0 aliphatic rings. The normalized spacial score (nSPS) is 12.9. The number of sulfone groups is 1. The lowest BCUT2D eigenvalue weighted by molar-refractivity contribution is -0.142. The van der Waals surface area contributed by atoms with Gasteiger partial charge in [0.1, 0.15) is 5.75 Å². The van der Waals surface area contributed by atoms with Crippen molar-refractivity contribution in [2.24, 2.45) is 0 Å². The fourth-order valence-corrected chi connectivity index (χ4v) is 1.67. The first-order valence-corrected chi connectivity index (χ1v) is 6.49. The zero-order valence-electron chi connectivity index (χ0n) is 9.02. The van der Waals surface area contributed by atoms with Crippen molar-refractivity contribution >= 4 is 15.8 Å². The van der Waals surface area contributed by atoms with E-state index in [1.807, 2.05) is 12.8 Å². The van der Waals surface area contributed by atoms with Crippen molar-refractivity contribution in [3.05, 3.63) is 0 Å². The summed E-state index contributed by atoms with van der Waals surface area (Å²) in [5.74, 6) is 0.858. The molecule has 1 unspecified atom stereocenters. The fourth-order valence-electron chi connectivity index (χ4n) is 0.822. The van der Waals surface area contributed by atoms with Crippen LogP contribution in [-0.4, -0.2) is 32.0 Å². The number of terminal acetylenes is 1. The number of unbranched alkanes of at least 4 members (excludes halogenated alkanes) is 1. The smallest absolute Gasteiger partial charge is 0.324 e. The first kappa shape index (κ1) is 14.0. The number of hydrogen-bond donors (Lipinski definition) is 0. The van der Waals surface area contributed by atoms with Gasteiger partial charge in [-0.15, -0.1) is 6.42 Å². The van der Waals surface area contributed by atoms with Crippen LogP contribution in [0.25, 0.3) is 0 Å². The van der Waals surface area contributed by atoms with E-state index in [0.717, 1.165) is 12.8 Å². The molecule has 86 valence electrons. The van der Waals surface area contributed by atoms with Gasteiger partial charge in [0.2, 0.25) is 0 Å². The monoisotopic (exact) mass is 232 g/mol. The number of rotatable bonds is 6. The summed E-state index contributed by atoms with van der Waals surface area (Å²) in [6.07, 6.45) is 6.51. The van der Waals surface area contributed by atoms with Crippen LogP contribution in [0.1, 0.15) is 26.7 Å². The van der Waals surface area contributed by atoms with Gasteiger partial charge in [-0.1, -0.05) is 19.3 Å². The van der Waals surface area contributed by atoms with E-state index in [1.165, 1.54) is 6.92 Å². The highest BCUT2D eigenvalue weighted by molar-refractivity contribution is 7.92. The first-order chi connectivity index (χ1) is 6.95. The van der Waals surface area contributed by atoms with Crippen LogP contribution in [0, 0.1) is 12.3 Å². The maximum atomic E-state index is 11.4. The van der Waals surface area contributed by atoms with Crippen LogP contribution < -0.4 is 0 Å². The van der Waals surface area contributed by atoms with Crippen molar-refractivity contribution < 1.29 is 17.9 Å². The molecule has 0 bridgehead atoms. The summed E-state index contributed by atoms with van der Waals surface area (Å²) >= 11 is 0. The number of esters is 1. The molecule has 0 aromatic rings. The Kier molecular flexibility index (Phi) is 6.02. The van der Waals surface area contributed by atoms with E-state index in [0.29, 0.717) is 0 Å². The van der Waals surface area contributed by atoms with Gasteiger partial charge in [-0.2, -0.15) is 0 Å². The van der Waals surface area contributed by atoms with E-state index in [1.54, 1.807) is 0 Å². The maximum absolute atomic E-state index is 11.4. The molecule has 0 rings (SSSR count). The van der Waals surface area contributed by atoms with Gasteiger partial charge in [0.25, 0.3) is 0 Å². The second-order valence-corrected chi connectivity index (χ2v) is 5.50. The summed E-state index contributed by atoms with van der Waals surface area (Å²) in [5, 5.41) is -1.18. The lowest BCUT2D eigenvalue weighted by Gasteiger charge is -2.10. The summed E-state index contributed by atoms with van der Waals surface area (Å²) in [6.45, 7) is 3.50. The predicted molar refractivity (Wildman–Crippen MR) is 57.9 cm³/mol. The van der Waals surface area contributed by atoms with Gasteiger partial charge in [0, 0.05) is 0 Å². The average Bonchev–Trinajstić information content (AvgIpc) is 2.16. The SMILES string of the molecule is C#CCS(=O)(=O)C(C)C(=O)OCCCC. The van der Waals surface area contributed by atoms with Crippen LogP contribution in [0.5, 0.6) is 0 Å². The van der Waals surface area contributed by atoms with Crippen LogP contribution in [-0.2, 0) is 19.4 Å². The van der Waals surface area contributed by atoms with Crippen molar-refractivity contribution in [2.75, 3.05) is 12.4 Å². The molecule has 0 aliphatic carbocycles. The fraction of sp³-hybridized carbons (Fsp3) is 0.700.